The molecule has 0 spiro atoms. The fourth-order valence-corrected chi connectivity index (χ4v) is 2.50. The zero-order chi connectivity index (χ0) is 15.1. The van der Waals surface area contributed by atoms with Crippen LogP contribution in [0.3, 0.4) is 0 Å². The van der Waals surface area contributed by atoms with Crippen molar-refractivity contribution in [2.75, 3.05) is 7.11 Å². The number of H-pyrrole nitrogens is 1. The number of rotatable bonds is 8. The highest BCUT2D eigenvalue weighted by molar-refractivity contribution is 5.74. The molecule has 1 aromatic heterocycles. The number of hydrogen-bond acceptors (Lipinski definition) is 3. The smallest absolute Gasteiger partial charge is 0.326 e. The molecule has 5 nitrogen and oxygen atoms in total. The molecule has 0 aliphatic rings. The van der Waals surface area contributed by atoms with Gasteiger partial charge in [0.1, 0.15) is 0 Å². The van der Waals surface area contributed by atoms with Crippen molar-refractivity contribution >= 4 is 17.0 Å². The van der Waals surface area contributed by atoms with E-state index in [0.717, 1.165) is 49.7 Å². The third kappa shape index (κ3) is 4.21. The van der Waals surface area contributed by atoms with Gasteiger partial charge in [0, 0.05) is 13.0 Å². The van der Waals surface area contributed by atoms with Gasteiger partial charge in [0.05, 0.1) is 18.1 Å². The number of aryl methyl sites for hydroxylation is 1. The summed E-state index contributed by atoms with van der Waals surface area (Å²) in [5.41, 5.74) is 1.82. The summed E-state index contributed by atoms with van der Waals surface area (Å²) in [5, 5.41) is 0. The van der Waals surface area contributed by atoms with Gasteiger partial charge in [-0.2, -0.15) is 0 Å². The normalized spacial score (nSPS) is 10.9. The fraction of sp³-hybridized carbons (Fsp3) is 0.500. The average molecular weight is 290 g/mol. The van der Waals surface area contributed by atoms with Gasteiger partial charge >= 0.3 is 11.7 Å². The summed E-state index contributed by atoms with van der Waals surface area (Å²) in [5.74, 6) is -0.139. The van der Waals surface area contributed by atoms with Gasteiger partial charge in [-0.1, -0.05) is 31.4 Å². The molecule has 1 aromatic carbocycles. The van der Waals surface area contributed by atoms with Crippen LogP contribution in [-0.4, -0.2) is 22.6 Å². The minimum absolute atomic E-state index is 0.0399. The lowest BCUT2D eigenvalue weighted by atomic mass is 10.1. The van der Waals surface area contributed by atoms with E-state index in [1.807, 2.05) is 24.3 Å². The largest absolute Gasteiger partial charge is 0.469 e. The first-order valence-corrected chi connectivity index (χ1v) is 7.46. The lowest BCUT2D eigenvalue weighted by Gasteiger charge is -2.04. The maximum Gasteiger partial charge on any atom is 0.326 e. The quantitative estimate of drug-likeness (QED) is 0.600. The lowest BCUT2D eigenvalue weighted by molar-refractivity contribution is -0.140. The van der Waals surface area contributed by atoms with Crippen LogP contribution >= 0.6 is 0 Å². The standard InChI is InChI=1S/C16H22N2O3/c1-21-15(19)11-5-3-2-4-8-12-18-14-10-7-6-9-13(14)17-16(18)20/h6-7,9-10H,2-5,8,11-12H2,1H3,(H,17,20). The second-order valence-corrected chi connectivity index (χ2v) is 5.19. The Balaban J connectivity index is 1.72. The number of aromatic nitrogens is 2. The molecule has 2 rings (SSSR count). The summed E-state index contributed by atoms with van der Waals surface area (Å²) in [7, 11) is 1.42. The number of carbonyl (C=O) groups is 1. The van der Waals surface area contributed by atoms with E-state index in [1.165, 1.54) is 7.11 Å². The van der Waals surface area contributed by atoms with Crippen LogP contribution in [0.1, 0.15) is 38.5 Å². The number of esters is 1. The van der Waals surface area contributed by atoms with Gasteiger partial charge in [-0.25, -0.2) is 4.79 Å². The first kappa shape index (κ1) is 15.4. The van der Waals surface area contributed by atoms with Crippen molar-refractivity contribution in [1.29, 1.82) is 0 Å². The van der Waals surface area contributed by atoms with E-state index in [4.69, 9.17) is 0 Å². The number of methoxy groups -OCH3 is 1. The topological polar surface area (TPSA) is 64.1 Å². The summed E-state index contributed by atoms with van der Waals surface area (Å²) in [6.45, 7) is 0.736. The minimum Gasteiger partial charge on any atom is -0.469 e. The van der Waals surface area contributed by atoms with Crippen molar-refractivity contribution in [3.63, 3.8) is 0 Å². The predicted molar refractivity (Wildman–Crippen MR) is 82.3 cm³/mol. The van der Waals surface area contributed by atoms with Crippen LogP contribution < -0.4 is 5.69 Å². The number of imidazole rings is 1. The Morgan fingerprint density at radius 2 is 1.86 bits per heavy atom. The molecule has 0 radical (unpaired) electrons. The molecule has 5 heteroatoms. The molecule has 0 amide bonds. The van der Waals surface area contributed by atoms with Crippen LogP contribution in [0.2, 0.25) is 0 Å². The van der Waals surface area contributed by atoms with Gasteiger partial charge in [0.25, 0.3) is 0 Å². The maximum atomic E-state index is 11.9. The Morgan fingerprint density at radius 3 is 2.67 bits per heavy atom. The second kappa shape index (κ2) is 7.67. The van der Waals surface area contributed by atoms with Crippen molar-refractivity contribution in [2.45, 2.75) is 45.1 Å². The van der Waals surface area contributed by atoms with Gasteiger partial charge in [-0.3, -0.25) is 9.36 Å². The predicted octanol–water partition coefficient (Wildman–Crippen LogP) is 2.84. The van der Waals surface area contributed by atoms with E-state index < -0.39 is 0 Å². The van der Waals surface area contributed by atoms with Crippen LogP contribution in [0.4, 0.5) is 0 Å². The minimum atomic E-state index is -0.139. The molecule has 0 unspecified atom stereocenters. The second-order valence-electron chi connectivity index (χ2n) is 5.19. The zero-order valence-corrected chi connectivity index (χ0v) is 12.4. The molecule has 0 bridgehead atoms. The van der Waals surface area contributed by atoms with Crippen molar-refractivity contribution < 1.29 is 9.53 Å². The first-order chi connectivity index (χ1) is 10.2. The number of hydrogen-bond donors (Lipinski definition) is 1. The number of unbranched alkanes of at least 4 members (excludes halogenated alkanes) is 4. The van der Waals surface area contributed by atoms with Crippen molar-refractivity contribution in [2.24, 2.45) is 0 Å². The van der Waals surface area contributed by atoms with Gasteiger partial charge in [-0.05, 0) is 25.0 Å². The Morgan fingerprint density at radius 1 is 1.14 bits per heavy atom. The van der Waals surface area contributed by atoms with Gasteiger partial charge in [0.2, 0.25) is 0 Å². The average Bonchev–Trinajstić information content (AvgIpc) is 2.81. The highest BCUT2D eigenvalue weighted by Gasteiger charge is 2.05. The number of fused-ring (bicyclic) bond motifs is 1. The Bertz CT molecular complexity index is 642. The van der Waals surface area contributed by atoms with Crippen molar-refractivity contribution in [3.05, 3.63) is 34.7 Å². The number of benzene rings is 1. The summed E-state index contributed by atoms with van der Waals surface area (Å²) >= 11 is 0. The summed E-state index contributed by atoms with van der Waals surface area (Å²) < 4.78 is 6.40. The molecule has 114 valence electrons. The van der Waals surface area contributed by atoms with E-state index in [2.05, 4.69) is 9.72 Å². The highest BCUT2D eigenvalue weighted by Crippen LogP contribution is 2.11. The molecule has 0 saturated carbocycles. The molecule has 0 aliphatic heterocycles. The highest BCUT2D eigenvalue weighted by atomic mass is 16.5. The number of nitrogens with zero attached hydrogens (tertiary/aromatic N) is 1. The third-order valence-electron chi connectivity index (χ3n) is 3.67. The van der Waals surface area contributed by atoms with Crippen LogP contribution in [0, 0.1) is 0 Å². The number of nitrogens with one attached hydrogen (secondary N) is 1. The van der Waals surface area contributed by atoms with Gasteiger partial charge < -0.3 is 9.72 Å². The maximum absolute atomic E-state index is 11.9. The molecule has 0 atom stereocenters. The molecule has 2 aromatic rings. The molecule has 1 N–H and O–H groups in total. The number of para-hydroxylation sites is 2. The summed E-state index contributed by atoms with van der Waals surface area (Å²) in [6, 6.07) is 7.74. The lowest BCUT2D eigenvalue weighted by Crippen LogP contribution is -2.16. The monoisotopic (exact) mass is 290 g/mol. The Labute approximate surface area is 123 Å². The molecule has 0 aliphatic carbocycles. The van der Waals surface area contributed by atoms with E-state index >= 15 is 0 Å². The van der Waals surface area contributed by atoms with E-state index in [-0.39, 0.29) is 11.7 Å². The van der Waals surface area contributed by atoms with Gasteiger partial charge in [-0.15, -0.1) is 0 Å². The third-order valence-corrected chi connectivity index (χ3v) is 3.67. The molecule has 0 saturated heterocycles. The fourth-order valence-electron chi connectivity index (χ4n) is 2.50. The van der Waals surface area contributed by atoms with Crippen LogP contribution in [0.25, 0.3) is 11.0 Å². The number of aromatic amines is 1. The zero-order valence-electron chi connectivity index (χ0n) is 12.4. The summed E-state index contributed by atoms with van der Waals surface area (Å²) in [6.07, 6.45) is 5.51. The van der Waals surface area contributed by atoms with Crippen LogP contribution in [-0.2, 0) is 16.1 Å². The van der Waals surface area contributed by atoms with Crippen molar-refractivity contribution in [3.8, 4) is 0 Å². The van der Waals surface area contributed by atoms with Crippen LogP contribution in [0.5, 0.6) is 0 Å². The Hall–Kier alpha value is -2.04. The number of carbonyl (C=O) groups excluding carboxylic acids is 1. The first-order valence-electron chi connectivity index (χ1n) is 7.46. The van der Waals surface area contributed by atoms with E-state index in [0.29, 0.717) is 6.42 Å². The molecular formula is C16H22N2O3. The SMILES string of the molecule is COC(=O)CCCCCCCn1c(=O)[nH]c2ccccc21. The van der Waals surface area contributed by atoms with E-state index in [9.17, 15) is 9.59 Å². The van der Waals surface area contributed by atoms with Crippen LogP contribution in [0.15, 0.2) is 29.1 Å². The number of ether oxygens (including phenoxy) is 1. The molecule has 0 fully saturated rings. The van der Waals surface area contributed by atoms with Crippen molar-refractivity contribution in [1.82, 2.24) is 9.55 Å². The molecule has 21 heavy (non-hydrogen) atoms. The molecule has 1 heterocycles. The summed E-state index contributed by atoms with van der Waals surface area (Å²) in [4.78, 5) is 25.7. The Kier molecular flexibility index (Phi) is 5.60. The van der Waals surface area contributed by atoms with Gasteiger partial charge in [0.15, 0.2) is 0 Å². The molecular weight excluding hydrogens is 268 g/mol. The van der Waals surface area contributed by atoms with E-state index in [1.54, 1.807) is 4.57 Å².